The summed E-state index contributed by atoms with van der Waals surface area (Å²) in [6.45, 7) is -0.500. The van der Waals surface area contributed by atoms with Gasteiger partial charge in [-0.3, -0.25) is 0 Å². The van der Waals surface area contributed by atoms with Crippen molar-refractivity contribution in [2.75, 3.05) is 26.4 Å². The second-order valence-corrected chi connectivity index (χ2v) is 0.894. The molecule has 0 radical (unpaired) electrons. The van der Waals surface area contributed by atoms with Crippen molar-refractivity contribution in [3.05, 3.63) is 0 Å². The third-order valence-electron chi connectivity index (χ3n) is 0.200. The van der Waals surface area contributed by atoms with E-state index in [0.717, 1.165) is 0 Å². The van der Waals surface area contributed by atoms with Crippen molar-refractivity contribution in [3.8, 4) is 0 Å². The van der Waals surface area contributed by atoms with E-state index in [9.17, 15) is 0 Å². The van der Waals surface area contributed by atoms with Crippen LogP contribution in [0.2, 0.25) is 0 Å². The van der Waals surface area contributed by atoms with E-state index < -0.39 is 0 Å². The first-order valence-electron chi connectivity index (χ1n) is 2.26. The smallest absolute Gasteiger partial charge is 0.0662 e. The molecule has 0 rings (SSSR count). The molecule has 0 aliphatic rings. The molecule has 6 N–H and O–H groups in total. The molecule has 0 fully saturated rings. The third-order valence-corrected chi connectivity index (χ3v) is 0.200. The van der Waals surface area contributed by atoms with Crippen molar-refractivity contribution in [1.82, 2.24) is 0 Å². The zero-order chi connectivity index (χ0) is 6.83. The van der Waals surface area contributed by atoms with Crippen LogP contribution in [0.4, 0.5) is 0 Å². The van der Waals surface area contributed by atoms with Crippen LogP contribution in [0.5, 0.6) is 0 Å². The highest BCUT2D eigenvalue weighted by molar-refractivity contribution is 4.07. The van der Waals surface area contributed by atoms with Crippen molar-refractivity contribution in [1.29, 1.82) is 0 Å². The minimum Gasteiger partial charge on any atom is -0.412 e. The highest BCUT2D eigenvalue weighted by Gasteiger charge is 1.58. The summed E-state index contributed by atoms with van der Waals surface area (Å²) < 4.78 is 0. The number of hydrogen-bond acceptors (Lipinski definition) is 4. The third kappa shape index (κ3) is 81.0. The standard InChI is InChI=1S/2C2H6O2.H2O/c2*3-1-2-4;/h2*3-4H,1-2H2;1H2. The lowest BCUT2D eigenvalue weighted by Gasteiger charge is -1.70. The van der Waals surface area contributed by atoms with Gasteiger partial charge in [-0.05, 0) is 0 Å². The predicted molar refractivity (Wildman–Crippen MR) is 32.0 cm³/mol. The molecule has 0 saturated heterocycles. The van der Waals surface area contributed by atoms with Crippen LogP contribution in [0.25, 0.3) is 0 Å². The van der Waals surface area contributed by atoms with Gasteiger partial charge in [-0.15, -0.1) is 0 Å². The summed E-state index contributed by atoms with van der Waals surface area (Å²) in [7, 11) is 0. The maximum absolute atomic E-state index is 7.62. The molecule has 0 unspecified atom stereocenters. The summed E-state index contributed by atoms with van der Waals surface area (Å²) in [5.41, 5.74) is 0. The van der Waals surface area contributed by atoms with Gasteiger partial charge in [0.2, 0.25) is 0 Å². The second kappa shape index (κ2) is 25.0. The summed E-state index contributed by atoms with van der Waals surface area (Å²) >= 11 is 0. The molecular weight excluding hydrogens is 128 g/mol. The first-order chi connectivity index (χ1) is 3.83. The lowest BCUT2D eigenvalue weighted by Crippen LogP contribution is -1.85. The zero-order valence-electron chi connectivity index (χ0n) is 5.12. The van der Waals surface area contributed by atoms with Crippen LogP contribution in [0.1, 0.15) is 0 Å². The Morgan fingerprint density at radius 3 is 0.667 bits per heavy atom. The minimum atomic E-state index is -0.125. The molecule has 0 aromatic heterocycles. The molecule has 0 spiro atoms. The lowest BCUT2D eigenvalue weighted by molar-refractivity contribution is 0.186. The monoisotopic (exact) mass is 142 g/mol. The van der Waals surface area contributed by atoms with Gasteiger partial charge in [0.15, 0.2) is 0 Å². The van der Waals surface area contributed by atoms with Gasteiger partial charge in [0.25, 0.3) is 0 Å². The van der Waals surface area contributed by atoms with Gasteiger partial charge >= 0.3 is 0 Å². The van der Waals surface area contributed by atoms with Crippen molar-refractivity contribution in [2.45, 2.75) is 0 Å². The van der Waals surface area contributed by atoms with Crippen LogP contribution in [0.3, 0.4) is 0 Å². The highest BCUT2D eigenvalue weighted by Crippen LogP contribution is 1.40. The van der Waals surface area contributed by atoms with Gasteiger partial charge in [-0.1, -0.05) is 0 Å². The van der Waals surface area contributed by atoms with Crippen LogP contribution in [0.15, 0.2) is 0 Å². The summed E-state index contributed by atoms with van der Waals surface area (Å²) in [6.07, 6.45) is 0. The van der Waals surface area contributed by atoms with Crippen LogP contribution in [0, 0.1) is 0 Å². The minimum absolute atomic E-state index is 0. The van der Waals surface area contributed by atoms with Gasteiger partial charge in [-0.2, -0.15) is 0 Å². The van der Waals surface area contributed by atoms with Gasteiger partial charge < -0.3 is 25.9 Å². The Morgan fingerprint density at radius 1 is 0.556 bits per heavy atom. The molecular formula is C4H14O5. The molecule has 0 aromatic carbocycles. The topological polar surface area (TPSA) is 112 Å². The molecule has 0 amide bonds. The van der Waals surface area contributed by atoms with Gasteiger partial charge in [-0.25, -0.2) is 0 Å². The van der Waals surface area contributed by atoms with Gasteiger partial charge in [0.05, 0.1) is 26.4 Å². The molecule has 0 bridgehead atoms. The van der Waals surface area contributed by atoms with Crippen LogP contribution >= 0.6 is 0 Å². The molecule has 0 aliphatic heterocycles. The summed E-state index contributed by atoms with van der Waals surface area (Å²) in [6, 6.07) is 0. The Bertz CT molecular complexity index is 16.9. The van der Waals surface area contributed by atoms with Crippen molar-refractivity contribution >= 4 is 0 Å². The van der Waals surface area contributed by atoms with E-state index in [1.807, 2.05) is 0 Å². The number of aliphatic hydroxyl groups is 4. The maximum atomic E-state index is 7.62. The quantitative estimate of drug-likeness (QED) is 0.331. The Hall–Kier alpha value is -0.200. The SMILES string of the molecule is O.OCCO.OCCO. The van der Waals surface area contributed by atoms with E-state index in [0.29, 0.717) is 0 Å². The molecule has 0 saturated carbocycles. The molecule has 0 aliphatic carbocycles. The van der Waals surface area contributed by atoms with E-state index in [-0.39, 0.29) is 31.9 Å². The van der Waals surface area contributed by atoms with E-state index >= 15 is 0 Å². The maximum Gasteiger partial charge on any atom is 0.0662 e. The molecule has 0 heterocycles. The van der Waals surface area contributed by atoms with Crippen LogP contribution in [-0.4, -0.2) is 52.3 Å². The molecule has 0 atom stereocenters. The van der Waals surface area contributed by atoms with Gasteiger partial charge in [0, 0.05) is 0 Å². The fourth-order valence-electron chi connectivity index (χ4n) is 0. The van der Waals surface area contributed by atoms with E-state index in [1.165, 1.54) is 0 Å². The van der Waals surface area contributed by atoms with E-state index in [1.54, 1.807) is 0 Å². The van der Waals surface area contributed by atoms with Crippen molar-refractivity contribution < 1.29 is 25.9 Å². The molecule has 5 heteroatoms. The Morgan fingerprint density at radius 2 is 0.667 bits per heavy atom. The Balaban J connectivity index is -0.0000000720. The molecule has 5 nitrogen and oxygen atoms in total. The molecule has 60 valence electrons. The fourth-order valence-corrected chi connectivity index (χ4v) is 0. The lowest BCUT2D eigenvalue weighted by atomic mass is 10.8. The summed E-state index contributed by atoms with van der Waals surface area (Å²) in [4.78, 5) is 0. The van der Waals surface area contributed by atoms with Crippen molar-refractivity contribution in [3.63, 3.8) is 0 Å². The fraction of sp³-hybridized carbons (Fsp3) is 1.00. The first kappa shape index (κ1) is 15.9. The number of rotatable bonds is 2. The molecule has 0 aromatic rings. The second-order valence-electron chi connectivity index (χ2n) is 0.894. The largest absolute Gasteiger partial charge is 0.412 e. The normalized spacial score (nSPS) is 6.67. The van der Waals surface area contributed by atoms with Crippen LogP contribution < -0.4 is 0 Å². The predicted octanol–water partition coefficient (Wildman–Crippen LogP) is -2.88. The average Bonchev–Trinajstić information content (AvgIpc) is 1.88. The van der Waals surface area contributed by atoms with Crippen LogP contribution in [-0.2, 0) is 0 Å². The Labute approximate surface area is 53.5 Å². The number of aliphatic hydroxyl groups excluding tert-OH is 4. The van der Waals surface area contributed by atoms with E-state index in [4.69, 9.17) is 20.4 Å². The van der Waals surface area contributed by atoms with Crippen molar-refractivity contribution in [2.24, 2.45) is 0 Å². The first-order valence-corrected chi connectivity index (χ1v) is 2.26. The van der Waals surface area contributed by atoms with E-state index in [2.05, 4.69) is 0 Å². The average molecular weight is 142 g/mol. The van der Waals surface area contributed by atoms with Gasteiger partial charge in [0.1, 0.15) is 0 Å². The Kier molecular flexibility index (Phi) is 44.2. The highest BCUT2D eigenvalue weighted by atomic mass is 16.3. The number of hydrogen-bond donors (Lipinski definition) is 4. The molecule has 9 heavy (non-hydrogen) atoms. The summed E-state index contributed by atoms with van der Waals surface area (Å²) in [5, 5.41) is 30.5. The summed E-state index contributed by atoms with van der Waals surface area (Å²) in [5.74, 6) is 0. The zero-order valence-corrected chi connectivity index (χ0v) is 5.12.